The van der Waals surface area contributed by atoms with Crippen molar-refractivity contribution in [3.8, 4) is 0 Å². The van der Waals surface area contributed by atoms with E-state index >= 15 is 0 Å². The highest BCUT2D eigenvalue weighted by Crippen LogP contribution is 2.34. The van der Waals surface area contributed by atoms with Gasteiger partial charge in [-0.3, -0.25) is 0 Å². The van der Waals surface area contributed by atoms with Crippen LogP contribution in [-0.4, -0.2) is 24.4 Å². The summed E-state index contributed by atoms with van der Waals surface area (Å²) in [7, 11) is -0.801. The molecule has 0 spiro atoms. The van der Waals surface area contributed by atoms with E-state index in [4.69, 9.17) is 23.4 Å². The number of hydrogen-bond acceptors (Lipinski definition) is 5. The van der Waals surface area contributed by atoms with Gasteiger partial charge in [-0.2, -0.15) is 0 Å². The molecule has 4 rings (SSSR count). The van der Waals surface area contributed by atoms with Crippen molar-refractivity contribution in [2.45, 2.75) is 0 Å². The van der Waals surface area contributed by atoms with Gasteiger partial charge in [-0.05, 0) is 23.8 Å². The summed E-state index contributed by atoms with van der Waals surface area (Å²) in [5.74, 6) is 1.72. The van der Waals surface area contributed by atoms with Crippen LogP contribution in [0.2, 0.25) is 0 Å². The summed E-state index contributed by atoms with van der Waals surface area (Å²) in [6.07, 6.45) is 12.7. The predicted octanol–water partition coefficient (Wildman–Crippen LogP) is 0.479. The van der Waals surface area contributed by atoms with Crippen molar-refractivity contribution in [3.05, 3.63) is 119 Å². The molecule has 1 heterocycles. The van der Waals surface area contributed by atoms with E-state index in [9.17, 15) is 0 Å². The van der Waals surface area contributed by atoms with E-state index in [1.165, 1.54) is 11.3 Å². The van der Waals surface area contributed by atoms with Crippen molar-refractivity contribution in [2.75, 3.05) is 14.1 Å². The van der Waals surface area contributed by atoms with Gasteiger partial charge in [-0.1, -0.05) is 72.8 Å². The van der Waals surface area contributed by atoms with Gasteiger partial charge in [0.15, 0.2) is 0 Å². The maximum absolute atomic E-state index is 8.49. The molecule has 2 aromatic rings. The SMILES string of the molecule is C[N+](C)=C1C=CC=CC1=C1C=C(c2ccccc2)OC(c2ccccc2)=C1.[O-][Cl+3]([O-])([O-])[O-]. The van der Waals surface area contributed by atoms with E-state index in [0.29, 0.717) is 0 Å². The molecule has 0 unspecified atom stereocenters. The Kier molecular flexibility index (Phi) is 7.58. The van der Waals surface area contributed by atoms with Crippen LogP contribution in [0.5, 0.6) is 0 Å². The standard InChI is InChI=1S/C25H22NO.ClHO4/c1-26(2)23-16-10-9-15-22(23)21-17-24(19-11-5-3-6-12-19)27-25(18-21)20-13-7-4-8-14-20;2-1(3,4)5/h3-18H,1-2H3;(H,2,3,4,5)/q+1;/p-1. The van der Waals surface area contributed by atoms with Crippen molar-refractivity contribution in [1.82, 2.24) is 0 Å². The average Bonchev–Trinajstić information content (AvgIpc) is 2.79. The Morgan fingerprint density at radius 3 is 1.56 bits per heavy atom. The van der Waals surface area contributed by atoms with E-state index in [2.05, 4.69) is 79.4 Å². The van der Waals surface area contributed by atoms with E-state index in [0.717, 1.165) is 28.2 Å². The molecule has 7 heteroatoms. The monoisotopic (exact) mass is 451 g/mol. The number of benzene rings is 2. The molecular formula is C25H22ClNO5. The second-order valence-corrected chi connectivity index (χ2v) is 7.85. The van der Waals surface area contributed by atoms with Gasteiger partial charge in [0.05, 0.1) is 5.57 Å². The van der Waals surface area contributed by atoms with Crippen molar-refractivity contribution in [2.24, 2.45) is 0 Å². The molecule has 0 N–H and O–H groups in total. The van der Waals surface area contributed by atoms with Crippen molar-refractivity contribution in [3.63, 3.8) is 0 Å². The number of allylic oxidation sites excluding steroid dienone is 8. The van der Waals surface area contributed by atoms with Crippen LogP contribution in [0.4, 0.5) is 0 Å². The van der Waals surface area contributed by atoms with Gasteiger partial charge in [0.1, 0.15) is 25.6 Å². The summed E-state index contributed by atoms with van der Waals surface area (Å²) in [5.41, 5.74) is 5.65. The molecule has 2 aromatic carbocycles. The molecule has 0 saturated carbocycles. The molecule has 0 radical (unpaired) electrons. The molecule has 0 saturated heterocycles. The number of halogens is 1. The van der Waals surface area contributed by atoms with Crippen LogP contribution in [0.25, 0.3) is 11.5 Å². The first kappa shape index (κ1) is 23.4. The molecule has 2 aliphatic rings. The summed E-state index contributed by atoms with van der Waals surface area (Å²) in [6.45, 7) is 0. The molecule has 0 atom stereocenters. The fraction of sp³-hybridized carbons (Fsp3) is 0.0800. The van der Waals surface area contributed by atoms with Crippen LogP contribution in [0, 0.1) is 10.2 Å². The van der Waals surface area contributed by atoms with Crippen LogP contribution in [0.15, 0.2) is 108 Å². The lowest BCUT2D eigenvalue weighted by Gasteiger charge is -2.20. The summed E-state index contributed by atoms with van der Waals surface area (Å²) in [6, 6.07) is 20.5. The second-order valence-electron chi connectivity index (χ2n) is 7.10. The highest BCUT2D eigenvalue weighted by molar-refractivity contribution is 6.10. The Hall–Kier alpha value is -3.26. The largest absolute Gasteiger partial charge is 0.456 e. The molecule has 1 aliphatic carbocycles. The quantitative estimate of drug-likeness (QED) is 0.617. The maximum Gasteiger partial charge on any atom is 0.207 e. The third kappa shape index (κ3) is 6.62. The number of ether oxygens (including phenoxy) is 1. The van der Waals surface area contributed by atoms with E-state index in [1.807, 2.05) is 36.4 Å². The minimum Gasteiger partial charge on any atom is -0.456 e. The molecule has 6 nitrogen and oxygen atoms in total. The zero-order valence-electron chi connectivity index (χ0n) is 17.6. The first-order valence-corrected chi connectivity index (χ1v) is 10.9. The van der Waals surface area contributed by atoms with Gasteiger partial charge >= 0.3 is 0 Å². The predicted molar refractivity (Wildman–Crippen MR) is 112 cm³/mol. The van der Waals surface area contributed by atoms with Crippen LogP contribution in [-0.2, 0) is 4.74 Å². The maximum atomic E-state index is 8.49. The summed E-state index contributed by atoms with van der Waals surface area (Å²) >= 11 is 0. The van der Waals surface area contributed by atoms with Gasteiger partial charge in [0.2, 0.25) is 5.71 Å². The van der Waals surface area contributed by atoms with Gasteiger partial charge in [-0.25, -0.2) is 23.2 Å². The van der Waals surface area contributed by atoms with E-state index < -0.39 is 10.2 Å². The smallest absolute Gasteiger partial charge is 0.207 e. The second kappa shape index (κ2) is 10.4. The number of rotatable bonds is 2. The lowest BCUT2D eigenvalue weighted by Crippen LogP contribution is -2.68. The fourth-order valence-electron chi connectivity index (χ4n) is 3.25. The molecule has 0 bridgehead atoms. The van der Waals surface area contributed by atoms with Crippen LogP contribution in [0.1, 0.15) is 11.1 Å². The minimum atomic E-state index is -4.94. The third-order valence-electron chi connectivity index (χ3n) is 4.61. The molecule has 32 heavy (non-hydrogen) atoms. The molecule has 164 valence electrons. The lowest BCUT2D eigenvalue weighted by atomic mass is 9.95. The molecule has 1 aliphatic heterocycles. The van der Waals surface area contributed by atoms with Crippen molar-refractivity contribution >= 4 is 17.2 Å². The molecule has 0 amide bonds. The normalized spacial score (nSPS) is 15.4. The summed E-state index contributed by atoms with van der Waals surface area (Å²) in [4.78, 5) is 0. The fourth-order valence-corrected chi connectivity index (χ4v) is 3.25. The van der Waals surface area contributed by atoms with Gasteiger partial charge < -0.3 is 4.74 Å². The first-order valence-electron chi connectivity index (χ1n) is 9.70. The zero-order chi connectivity index (χ0) is 23.1. The zero-order valence-corrected chi connectivity index (χ0v) is 18.4. The van der Waals surface area contributed by atoms with Crippen LogP contribution >= 0.6 is 0 Å². The third-order valence-corrected chi connectivity index (χ3v) is 4.61. The Morgan fingerprint density at radius 1 is 0.688 bits per heavy atom. The Bertz CT molecular complexity index is 1070. The summed E-state index contributed by atoms with van der Waals surface area (Å²) < 4.78 is 42.4. The van der Waals surface area contributed by atoms with Crippen molar-refractivity contribution < 1.29 is 38.2 Å². The first-order chi connectivity index (χ1) is 15.2. The molecular weight excluding hydrogens is 430 g/mol. The Balaban J connectivity index is 0.000000523. The summed E-state index contributed by atoms with van der Waals surface area (Å²) in [5, 5.41) is 0. The number of hydrogen-bond donors (Lipinski definition) is 0. The lowest BCUT2D eigenvalue weighted by molar-refractivity contribution is -2.00. The van der Waals surface area contributed by atoms with Gasteiger partial charge in [0, 0.05) is 17.2 Å². The van der Waals surface area contributed by atoms with Gasteiger partial charge in [0.25, 0.3) is 0 Å². The highest BCUT2D eigenvalue weighted by Gasteiger charge is 2.21. The number of nitrogens with zero attached hydrogens (tertiary/aromatic N) is 1. The highest BCUT2D eigenvalue weighted by atomic mass is 35.7. The Labute approximate surface area is 189 Å². The molecule has 0 fully saturated rings. The molecule has 0 aromatic heterocycles. The van der Waals surface area contributed by atoms with E-state index in [1.54, 1.807) is 0 Å². The van der Waals surface area contributed by atoms with E-state index in [-0.39, 0.29) is 0 Å². The average molecular weight is 452 g/mol. The Morgan fingerprint density at radius 2 is 1.12 bits per heavy atom. The minimum absolute atomic E-state index is 0.862. The van der Waals surface area contributed by atoms with Gasteiger partial charge in [-0.15, -0.1) is 10.2 Å². The van der Waals surface area contributed by atoms with Crippen LogP contribution in [0.3, 0.4) is 0 Å². The van der Waals surface area contributed by atoms with Crippen molar-refractivity contribution in [1.29, 1.82) is 0 Å². The van der Waals surface area contributed by atoms with Crippen LogP contribution < -0.4 is 18.6 Å². The topological polar surface area (TPSA) is 104 Å².